The van der Waals surface area contributed by atoms with Gasteiger partial charge in [0.15, 0.2) is 5.75 Å². The third-order valence-electron chi connectivity index (χ3n) is 2.28. The van der Waals surface area contributed by atoms with Crippen LogP contribution in [-0.2, 0) is 26.1 Å². The largest absolute Gasteiger partial charge is 0.465 e. The Kier molecular flexibility index (Phi) is 5.61. The zero-order valence-electron chi connectivity index (χ0n) is 10.7. The van der Waals surface area contributed by atoms with Gasteiger partial charge < -0.3 is 4.74 Å². The summed E-state index contributed by atoms with van der Waals surface area (Å²) in [5.41, 5.74) is 0.220. The fourth-order valence-corrected chi connectivity index (χ4v) is 2.23. The Morgan fingerprint density at radius 2 is 2.20 bits per heavy atom. The molecule has 20 heavy (non-hydrogen) atoms. The highest BCUT2D eigenvalue weighted by molar-refractivity contribution is 7.90. The lowest BCUT2D eigenvalue weighted by Crippen LogP contribution is -2.30. The quantitative estimate of drug-likeness (QED) is 0.779. The Morgan fingerprint density at radius 3 is 2.75 bits per heavy atom. The van der Waals surface area contributed by atoms with Gasteiger partial charge in [0.05, 0.1) is 18.2 Å². The topological polar surface area (TPSA) is 96.3 Å². The number of rotatable bonds is 6. The summed E-state index contributed by atoms with van der Waals surface area (Å²) < 4.78 is 43.2. The minimum atomic E-state index is -3.89. The lowest BCUT2D eigenvalue weighted by atomic mass is 10.1. The molecular weight excluding hydrogens is 287 g/mol. The maximum Gasteiger partial charge on any atom is 0.322 e. The monoisotopic (exact) mass is 300 g/mol. The van der Waals surface area contributed by atoms with Gasteiger partial charge in [-0.1, -0.05) is 6.07 Å². The van der Waals surface area contributed by atoms with Crippen molar-refractivity contribution in [2.24, 2.45) is 0 Å². The standard InChI is InChI=1S/C12H13FN2O4S/c1-2-19-12(16)8-20(17,18)15-7-10-4-3-9(6-14)5-11(10)13/h3-5,15H,2,7-8H2,1H3. The van der Waals surface area contributed by atoms with E-state index in [0.29, 0.717) is 0 Å². The van der Waals surface area contributed by atoms with E-state index in [1.807, 2.05) is 0 Å². The van der Waals surface area contributed by atoms with E-state index in [9.17, 15) is 17.6 Å². The summed E-state index contributed by atoms with van der Waals surface area (Å²) in [5.74, 6) is -2.39. The number of hydrogen-bond acceptors (Lipinski definition) is 5. The van der Waals surface area contributed by atoms with Crippen molar-refractivity contribution in [1.29, 1.82) is 5.26 Å². The molecule has 1 aromatic carbocycles. The number of hydrogen-bond donors (Lipinski definition) is 1. The smallest absolute Gasteiger partial charge is 0.322 e. The molecule has 0 unspecified atom stereocenters. The van der Waals surface area contributed by atoms with Gasteiger partial charge in [-0.15, -0.1) is 0 Å². The fourth-order valence-electron chi connectivity index (χ4n) is 1.36. The first kappa shape index (κ1) is 16.1. The Morgan fingerprint density at radius 1 is 1.50 bits per heavy atom. The Bertz CT molecular complexity index is 637. The van der Waals surface area contributed by atoms with Crippen LogP contribution in [0.15, 0.2) is 18.2 Å². The maximum atomic E-state index is 13.5. The number of carbonyl (C=O) groups is 1. The molecule has 0 heterocycles. The van der Waals surface area contributed by atoms with Crippen LogP contribution in [0.1, 0.15) is 18.1 Å². The average molecular weight is 300 g/mol. The first-order valence-electron chi connectivity index (χ1n) is 5.69. The van der Waals surface area contributed by atoms with Crippen LogP contribution in [0.4, 0.5) is 4.39 Å². The normalized spacial score (nSPS) is 10.8. The molecule has 1 rings (SSSR count). The minimum absolute atomic E-state index is 0.0800. The molecule has 0 aliphatic rings. The third kappa shape index (κ3) is 4.95. The number of esters is 1. The Balaban J connectivity index is 2.67. The zero-order valence-corrected chi connectivity index (χ0v) is 11.5. The van der Waals surface area contributed by atoms with Gasteiger partial charge in [0.1, 0.15) is 5.82 Å². The third-order valence-corrected chi connectivity index (χ3v) is 3.48. The van der Waals surface area contributed by atoms with Crippen LogP contribution in [0.2, 0.25) is 0 Å². The van der Waals surface area contributed by atoms with Gasteiger partial charge in [-0.25, -0.2) is 17.5 Å². The molecule has 0 saturated heterocycles. The molecule has 108 valence electrons. The molecular formula is C12H13FN2O4S. The molecule has 0 spiro atoms. The van der Waals surface area contributed by atoms with Crippen molar-refractivity contribution in [3.8, 4) is 6.07 Å². The Hall–Kier alpha value is -1.98. The van der Waals surface area contributed by atoms with Gasteiger partial charge in [0, 0.05) is 12.1 Å². The molecule has 0 aliphatic carbocycles. The lowest BCUT2D eigenvalue weighted by molar-refractivity contribution is -0.139. The summed E-state index contributed by atoms with van der Waals surface area (Å²) in [6, 6.07) is 5.46. The van der Waals surface area contributed by atoms with Gasteiger partial charge in [0.25, 0.3) is 0 Å². The maximum absolute atomic E-state index is 13.5. The summed E-state index contributed by atoms with van der Waals surface area (Å²) in [7, 11) is -3.89. The minimum Gasteiger partial charge on any atom is -0.465 e. The van der Waals surface area contributed by atoms with Crippen LogP contribution in [0.5, 0.6) is 0 Å². The van der Waals surface area contributed by atoms with Crippen LogP contribution in [-0.4, -0.2) is 26.7 Å². The van der Waals surface area contributed by atoms with Crippen molar-refractivity contribution >= 4 is 16.0 Å². The van der Waals surface area contributed by atoms with Crippen LogP contribution in [0, 0.1) is 17.1 Å². The number of ether oxygens (including phenoxy) is 1. The molecule has 0 aromatic heterocycles. The molecule has 0 atom stereocenters. The van der Waals surface area contributed by atoms with E-state index in [1.165, 1.54) is 12.1 Å². The first-order chi connectivity index (χ1) is 9.38. The molecule has 0 radical (unpaired) electrons. The molecule has 0 saturated carbocycles. The van der Waals surface area contributed by atoms with E-state index < -0.39 is 27.6 Å². The van der Waals surface area contributed by atoms with E-state index in [4.69, 9.17) is 5.26 Å². The summed E-state index contributed by atoms with van der Waals surface area (Å²) in [4.78, 5) is 11.1. The van der Waals surface area contributed by atoms with Gasteiger partial charge in [-0.3, -0.25) is 4.79 Å². The number of sulfonamides is 1. The van der Waals surface area contributed by atoms with Crippen molar-refractivity contribution in [2.75, 3.05) is 12.4 Å². The van der Waals surface area contributed by atoms with E-state index in [2.05, 4.69) is 9.46 Å². The highest BCUT2D eigenvalue weighted by Gasteiger charge is 2.17. The SMILES string of the molecule is CCOC(=O)CS(=O)(=O)NCc1ccc(C#N)cc1F. The second-order valence-corrected chi connectivity index (χ2v) is 5.61. The van der Waals surface area contributed by atoms with Crippen LogP contribution in [0.3, 0.4) is 0 Å². The molecule has 1 aromatic rings. The summed E-state index contributed by atoms with van der Waals surface area (Å²) in [5, 5.41) is 8.58. The van der Waals surface area contributed by atoms with Gasteiger partial charge in [0.2, 0.25) is 10.0 Å². The van der Waals surface area contributed by atoms with Crippen molar-refractivity contribution in [3.63, 3.8) is 0 Å². The summed E-state index contributed by atoms with van der Waals surface area (Å²) >= 11 is 0. The van der Waals surface area contributed by atoms with Crippen LogP contribution in [0.25, 0.3) is 0 Å². The van der Waals surface area contributed by atoms with E-state index in [-0.39, 0.29) is 24.3 Å². The summed E-state index contributed by atoms with van der Waals surface area (Å²) in [6.45, 7) is 1.34. The number of nitrogens with one attached hydrogen (secondary N) is 1. The van der Waals surface area contributed by atoms with E-state index >= 15 is 0 Å². The molecule has 0 amide bonds. The number of nitrogens with zero attached hydrogens (tertiary/aromatic N) is 1. The van der Waals surface area contributed by atoms with E-state index in [1.54, 1.807) is 13.0 Å². The van der Waals surface area contributed by atoms with Crippen molar-refractivity contribution < 1.29 is 22.3 Å². The molecule has 6 nitrogen and oxygen atoms in total. The summed E-state index contributed by atoms with van der Waals surface area (Å²) in [6.07, 6.45) is 0. The molecule has 1 N–H and O–H groups in total. The predicted octanol–water partition coefficient (Wildman–Crippen LogP) is 0.680. The number of benzene rings is 1. The molecule has 0 fully saturated rings. The average Bonchev–Trinajstić information content (AvgIpc) is 2.36. The number of halogens is 1. The van der Waals surface area contributed by atoms with Crippen LogP contribution >= 0.6 is 0 Å². The van der Waals surface area contributed by atoms with Gasteiger partial charge in [-0.05, 0) is 19.1 Å². The van der Waals surface area contributed by atoms with Gasteiger partial charge >= 0.3 is 5.97 Å². The number of nitriles is 1. The molecule has 8 heteroatoms. The lowest BCUT2D eigenvalue weighted by Gasteiger charge is -2.07. The molecule has 0 bridgehead atoms. The molecule has 0 aliphatic heterocycles. The van der Waals surface area contributed by atoms with Crippen molar-refractivity contribution in [1.82, 2.24) is 4.72 Å². The van der Waals surface area contributed by atoms with Gasteiger partial charge in [-0.2, -0.15) is 5.26 Å². The fraction of sp³-hybridized carbons (Fsp3) is 0.333. The van der Waals surface area contributed by atoms with Crippen LogP contribution < -0.4 is 4.72 Å². The predicted molar refractivity (Wildman–Crippen MR) is 68.4 cm³/mol. The van der Waals surface area contributed by atoms with E-state index in [0.717, 1.165) is 6.07 Å². The second kappa shape index (κ2) is 6.98. The first-order valence-corrected chi connectivity index (χ1v) is 7.34. The number of carbonyl (C=O) groups excluding carboxylic acids is 1. The highest BCUT2D eigenvalue weighted by atomic mass is 32.2. The Labute approximate surface area is 116 Å². The van der Waals surface area contributed by atoms with Crippen molar-refractivity contribution in [2.45, 2.75) is 13.5 Å². The second-order valence-electron chi connectivity index (χ2n) is 3.80. The van der Waals surface area contributed by atoms with Crippen molar-refractivity contribution in [3.05, 3.63) is 35.1 Å². The zero-order chi connectivity index (χ0) is 15.2. The highest BCUT2D eigenvalue weighted by Crippen LogP contribution is 2.10.